The van der Waals surface area contributed by atoms with E-state index in [1.54, 1.807) is 24.6 Å². The molecule has 2 N–H and O–H groups in total. The number of fused-ring (bicyclic) bond motifs is 1. The van der Waals surface area contributed by atoms with Crippen molar-refractivity contribution in [1.29, 1.82) is 5.26 Å². The monoisotopic (exact) mass is 463 g/mol. The lowest BCUT2D eigenvalue weighted by atomic mass is 9.99. The highest BCUT2D eigenvalue weighted by molar-refractivity contribution is 7.94. The number of thiazole rings is 1. The molecule has 1 atom stereocenters. The third-order valence-electron chi connectivity index (χ3n) is 5.34. The third-order valence-corrected chi connectivity index (χ3v) is 9.42. The van der Waals surface area contributed by atoms with E-state index in [0.29, 0.717) is 35.2 Å². The molecule has 0 amide bonds. The molecule has 0 radical (unpaired) electrons. The largest absolute Gasteiger partial charge is 0.358 e. The van der Waals surface area contributed by atoms with E-state index in [9.17, 15) is 17.9 Å². The zero-order valence-electron chi connectivity index (χ0n) is 16.5. The average molecular weight is 464 g/mol. The molecule has 0 spiro atoms. The summed E-state index contributed by atoms with van der Waals surface area (Å²) in [6, 6.07) is 5.60. The summed E-state index contributed by atoms with van der Waals surface area (Å²) in [7, 11) is -4.79. The number of aromatic nitrogens is 2. The Bertz CT molecular complexity index is 1260. The van der Waals surface area contributed by atoms with Crippen molar-refractivity contribution in [2.75, 3.05) is 24.1 Å². The predicted octanol–water partition coefficient (Wildman–Crippen LogP) is 3.08. The Hall–Kier alpha value is -2.26. The van der Waals surface area contributed by atoms with Crippen LogP contribution >= 0.6 is 11.3 Å². The Labute approximate surface area is 181 Å². The standard InChI is InChI=1S/C19H21N5O3S3/c1-12-3-4-15(18-17(12)14(9-20)10-21-18)23-30(26,27)16-11-22-19(28-16)13-5-7-24(8-6-13)29(2)25/h3-4,10-11,13,21,23H,5-8H2,1-2H3. The molecule has 1 saturated heterocycles. The number of nitriles is 1. The van der Waals surface area contributed by atoms with Crippen molar-refractivity contribution in [2.24, 2.45) is 0 Å². The topological polar surface area (TPSA) is 119 Å². The first kappa shape index (κ1) is 21.0. The van der Waals surface area contributed by atoms with Gasteiger partial charge in [-0.1, -0.05) is 6.07 Å². The molecule has 11 heteroatoms. The summed E-state index contributed by atoms with van der Waals surface area (Å²) in [4.78, 5) is 7.37. The molecule has 1 aliphatic rings. The van der Waals surface area contributed by atoms with E-state index < -0.39 is 21.0 Å². The van der Waals surface area contributed by atoms with Gasteiger partial charge in [0.05, 0.1) is 39.0 Å². The van der Waals surface area contributed by atoms with Crippen LogP contribution in [0.4, 0.5) is 5.69 Å². The second kappa shape index (κ2) is 8.11. The number of benzene rings is 1. The van der Waals surface area contributed by atoms with Gasteiger partial charge in [0, 0.05) is 36.8 Å². The zero-order chi connectivity index (χ0) is 21.5. The quantitative estimate of drug-likeness (QED) is 0.603. The van der Waals surface area contributed by atoms with Gasteiger partial charge in [0.25, 0.3) is 10.0 Å². The zero-order valence-corrected chi connectivity index (χ0v) is 19.0. The first-order chi connectivity index (χ1) is 14.3. The first-order valence-electron chi connectivity index (χ1n) is 9.38. The first-order valence-corrected chi connectivity index (χ1v) is 13.2. The summed E-state index contributed by atoms with van der Waals surface area (Å²) in [6.07, 6.45) is 6.26. The number of sulfonamides is 1. The van der Waals surface area contributed by atoms with Crippen LogP contribution in [0.5, 0.6) is 0 Å². The fourth-order valence-electron chi connectivity index (χ4n) is 3.73. The van der Waals surface area contributed by atoms with Gasteiger partial charge in [-0.25, -0.2) is 21.9 Å². The van der Waals surface area contributed by atoms with Gasteiger partial charge >= 0.3 is 0 Å². The van der Waals surface area contributed by atoms with Gasteiger partial charge in [-0.05, 0) is 31.4 Å². The second-order valence-corrected chi connectivity index (χ2v) is 11.6. The van der Waals surface area contributed by atoms with Crippen LogP contribution in [-0.4, -0.2) is 46.2 Å². The van der Waals surface area contributed by atoms with Gasteiger partial charge in [-0.2, -0.15) is 5.26 Å². The Morgan fingerprint density at radius 3 is 2.77 bits per heavy atom. The number of aromatic amines is 1. The van der Waals surface area contributed by atoms with Crippen LogP contribution in [0.25, 0.3) is 10.9 Å². The predicted molar refractivity (Wildman–Crippen MR) is 118 cm³/mol. The maximum Gasteiger partial charge on any atom is 0.273 e. The van der Waals surface area contributed by atoms with Crippen molar-refractivity contribution in [1.82, 2.24) is 14.3 Å². The third kappa shape index (κ3) is 3.88. The van der Waals surface area contributed by atoms with Crippen molar-refractivity contribution in [3.63, 3.8) is 0 Å². The number of aryl methyl sites for hydroxylation is 1. The second-order valence-electron chi connectivity index (χ2n) is 7.24. The molecular weight excluding hydrogens is 442 g/mol. The molecule has 0 saturated carbocycles. The minimum atomic E-state index is -3.81. The van der Waals surface area contributed by atoms with Gasteiger partial charge in [0.1, 0.15) is 6.07 Å². The minimum absolute atomic E-state index is 0.153. The number of nitrogens with zero attached hydrogens (tertiary/aromatic N) is 3. The molecule has 3 heterocycles. The van der Waals surface area contributed by atoms with Gasteiger partial charge in [0.2, 0.25) is 0 Å². The van der Waals surface area contributed by atoms with Gasteiger partial charge in [-0.15, -0.1) is 11.3 Å². The Kier molecular flexibility index (Phi) is 5.67. The SMILES string of the molecule is Cc1ccc(NS(=O)(=O)c2cnc(C3CCN(S(C)=O)CC3)s2)c2[nH]cc(C#N)c12. The molecule has 4 rings (SSSR count). The molecular formula is C19H21N5O3S3. The highest BCUT2D eigenvalue weighted by Crippen LogP contribution is 2.34. The fraction of sp³-hybridized carbons (Fsp3) is 0.368. The summed E-state index contributed by atoms with van der Waals surface area (Å²) >= 11 is 1.17. The van der Waals surface area contributed by atoms with Crippen molar-refractivity contribution in [3.05, 3.63) is 40.7 Å². The average Bonchev–Trinajstić information content (AvgIpc) is 3.38. The molecule has 158 valence electrons. The van der Waals surface area contributed by atoms with Crippen molar-refractivity contribution in [2.45, 2.75) is 29.9 Å². The van der Waals surface area contributed by atoms with E-state index in [1.807, 2.05) is 11.2 Å². The number of rotatable bonds is 5. The maximum atomic E-state index is 13.0. The highest BCUT2D eigenvalue weighted by atomic mass is 32.2. The van der Waals surface area contributed by atoms with Crippen LogP contribution in [0.2, 0.25) is 0 Å². The number of anilines is 1. The van der Waals surface area contributed by atoms with E-state index in [2.05, 4.69) is 20.8 Å². The Balaban J connectivity index is 1.57. The number of piperidine rings is 1. The van der Waals surface area contributed by atoms with Crippen LogP contribution in [0.15, 0.2) is 28.7 Å². The number of hydrogen-bond acceptors (Lipinski definition) is 6. The number of H-pyrrole nitrogens is 1. The molecule has 0 bridgehead atoms. The fourth-order valence-corrected chi connectivity index (χ4v) is 6.85. The molecule has 0 aliphatic carbocycles. The summed E-state index contributed by atoms with van der Waals surface area (Å²) < 4.78 is 42.3. The lowest BCUT2D eigenvalue weighted by Crippen LogP contribution is -2.33. The van der Waals surface area contributed by atoms with Crippen LogP contribution in [0.1, 0.15) is 34.9 Å². The van der Waals surface area contributed by atoms with E-state index in [0.717, 1.165) is 23.4 Å². The lowest BCUT2D eigenvalue weighted by molar-refractivity contribution is 0.335. The summed E-state index contributed by atoms with van der Waals surface area (Å²) in [6.45, 7) is 3.30. The van der Waals surface area contributed by atoms with Crippen molar-refractivity contribution >= 4 is 48.9 Å². The number of hydrogen-bond donors (Lipinski definition) is 2. The van der Waals surface area contributed by atoms with Crippen LogP contribution < -0.4 is 4.72 Å². The normalized spacial score (nSPS) is 17.1. The van der Waals surface area contributed by atoms with E-state index in [4.69, 9.17) is 0 Å². The molecule has 2 aromatic heterocycles. The van der Waals surface area contributed by atoms with Crippen LogP contribution in [0.3, 0.4) is 0 Å². The van der Waals surface area contributed by atoms with Gasteiger partial charge in [0.15, 0.2) is 4.21 Å². The van der Waals surface area contributed by atoms with Crippen molar-refractivity contribution in [3.8, 4) is 6.07 Å². The smallest absolute Gasteiger partial charge is 0.273 e. The van der Waals surface area contributed by atoms with Crippen LogP contribution in [0, 0.1) is 18.3 Å². The molecule has 1 unspecified atom stereocenters. The van der Waals surface area contributed by atoms with E-state index in [-0.39, 0.29) is 10.1 Å². The Morgan fingerprint density at radius 1 is 1.37 bits per heavy atom. The molecule has 1 fully saturated rings. The minimum Gasteiger partial charge on any atom is -0.358 e. The summed E-state index contributed by atoms with van der Waals surface area (Å²) in [5.41, 5.74) is 2.35. The van der Waals surface area contributed by atoms with Gasteiger partial charge < -0.3 is 4.98 Å². The van der Waals surface area contributed by atoms with Crippen LogP contribution in [-0.2, 0) is 21.0 Å². The number of nitrogens with one attached hydrogen (secondary N) is 2. The summed E-state index contributed by atoms with van der Waals surface area (Å²) in [5.74, 6) is 0.173. The molecule has 1 aliphatic heterocycles. The molecule has 30 heavy (non-hydrogen) atoms. The molecule has 3 aromatic rings. The molecule has 8 nitrogen and oxygen atoms in total. The Morgan fingerprint density at radius 2 is 2.10 bits per heavy atom. The maximum absolute atomic E-state index is 13.0. The van der Waals surface area contributed by atoms with Crippen molar-refractivity contribution < 1.29 is 12.6 Å². The van der Waals surface area contributed by atoms with E-state index >= 15 is 0 Å². The highest BCUT2D eigenvalue weighted by Gasteiger charge is 2.27. The van der Waals surface area contributed by atoms with E-state index in [1.165, 1.54) is 17.5 Å². The summed E-state index contributed by atoms with van der Waals surface area (Å²) in [5, 5.41) is 10.8. The lowest BCUT2D eigenvalue weighted by Gasteiger charge is -2.28. The molecule has 1 aromatic carbocycles. The van der Waals surface area contributed by atoms with Gasteiger partial charge in [-0.3, -0.25) is 4.72 Å².